The number of nitrogens with one attached hydrogen (secondary N) is 1. The minimum absolute atomic E-state index is 0.0402. The van der Waals surface area contributed by atoms with Crippen molar-refractivity contribution < 1.29 is 29.0 Å². The molecule has 0 aliphatic carbocycles. The van der Waals surface area contributed by atoms with Gasteiger partial charge >= 0.3 is 11.7 Å². The van der Waals surface area contributed by atoms with Gasteiger partial charge in [-0.25, -0.2) is 0 Å². The first kappa shape index (κ1) is 32.5. The van der Waals surface area contributed by atoms with Crippen LogP contribution in [0.4, 0.5) is 34.1 Å². The number of non-ortho nitro benzene ring substituents is 1. The summed E-state index contributed by atoms with van der Waals surface area (Å²) in [6.07, 6.45) is 0.208. The Kier molecular flexibility index (Phi) is 11.3. The second kappa shape index (κ2) is 15.3. The first-order valence-corrected chi connectivity index (χ1v) is 13.2. The summed E-state index contributed by atoms with van der Waals surface area (Å²) in [5, 5.41) is 42.8. The van der Waals surface area contributed by atoms with E-state index in [-0.39, 0.29) is 43.2 Å². The summed E-state index contributed by atoms with van der Waals surface area (Å²) in [4.78, 5) is 58.8. The minimum atomic E-state index is -0.912. The number of benzene rings is 3. The number of rotatable bonds is 14. The Morgan fingerprint density at radius 3 is 2.36 bits per heavy atom. The molecule has 15 nitrogen and oxygen atoms in total. The third-order valence-corrected chi connectivity index (χ3v) is 6.11. The van der Waals surface area contributed by atoms with Crippen LogP contribution in [0.1, 0.15) is 37.8 Å². The van der Waals surface area contributed by atoms with E-state index in [2.05, 4.69) is 15.5 Å². The minimum Gasteiger partial charge on any atom is -0.458 e. The number of hydrogen-bond donors (Lipinski definition) is 1. The topological polar surface area (TPSA) is 210 Å². The molecule has 1 amide bonds. The van der Waals surface area contributed by atoms with Crippen molar-refractivity contribution in [3.05, 3.63) is 92.0 Å². The lowest BCUT2D eigenvalue weighted by Crippen LogP contribution is -2.27. The van der Waals surface area contributed by atoms with Crippen LogP contribution in [-0.4, -0.2) is 40.7 Å². The lowest BCUT2D eigenvalue weighted by molar-refractivity contribution is -0.393. The van der Waals surface area contributed by atoms with E-state index in [0.717, 1.165) is 11.6 Å². The number of nitriles is 1. The predicted molar refractivity (Wildman–Crippen MR) is 158 cm³/mol. The zero-order valence-corrected chi connectivity index (χ0v) is 23.8. The molecule has 0 heterocycles. The van der Waals surface area contributed by atoms with E-state index in [0.29, 0.717) is 18.3 Å². The Labute approximate surface area is 251 Å². The zero-order valence-electron chi connectivity index (χ0n) is 23.8. The molecule has 0 spiro atoms. The lowest BCUT2D eigenvalue weighted by atomic mass is 10.1. The van der Waals surface area contributed by atoms with Crippen LogP contribution in [0, 0.1) is 31.6 Å². The first-order chi connectivity index (χ1) is 21.0. The van der Waals surface area contributed by atoms with Gasteiger partial charge in [0.15, 0.2) is 11.5 Å². The largest absolute Gasteiger partial charge is 0.458 e. The van der Waals surface area contributed by atoms with Gasteiger partial charge in [0.05, 0.1) is 33.6 Å². The van der Waals surface area contributed by atoms with Crippen molar-refractivity contribution in [1.82, 2.24) is 0 Å². The molecule has 0 aromatic heterocycles. The molecule has 0 bridgehead atoms. The van der Waals surface area contributed by atoms with E-state index >= 15 is 0 Å². The van der Waals surface area contributed by atoms with Gasteiger partial charge in [0.2, 0.25) is 5.91 Å². The Bertz CT molecular complexity index is 1650. The number of nitro benzene ring substituents is 2. The van der Waals surface area contributed by atoms with E-state index in [1.54, 1.807) is 25.1 Å². The summed E-state index contributed by atoms with van der Waals surface area (Å²) in [5.74, 6) is -1.23. The molecule has 0 fully saturated rings. The van der Waals surface area contributed by atoms with Crippen LogP contribution in [0.2, 0.25) is 0 Å². The molecule has 0 radical (unpaired) electrons. The van der Waals surface area contributed by atoms with Crippen molar-refractivity contribution in [1.29, 1.82) is 5.26 Å². The zero-order chi connectivity index (χ0) is 32.2. The average Bonchev–Trinajstić information content (AvgIpc) is 3.00. The number of carbonyl (C=O) groups is 3. The van der Waals surface area contributed by atoms with Crippen LogP contribution < -0.4 is 10.2 Å². The quantitative estimate of drug-likeness (QED) is 0.103. The molecule has 3 aromatic rings. The number of anilines is 2. The second-order valence-corrected chi connectivity index (χ2v) is 9.28. The van der Waals surface area contributed by atoms with Crippen LogP contribution in [-0.2, 0) is 25.7 Å². The Balaban J connectivity index is 2.00. The third kappa shape index (κ3) is 8.98. The van der Waals surface area contributed by atoms with E-state index in [9.17, 15) is 39.9 Å². The second-order valence-electron chi connectivity index (χ2n) is 9.28. The van der Waals surface area contributed by atoms with E-state index in [4.69, 9.17) is 4.74 Å². The number of ketones is 1. The molecule has 0 aliphatic rings. The van der Waals surface area contributed by atoms with Crippen molar-refractivity contribution in [3.63, 3.8) is 0 Å². The third-order valence-electron chi connectivity index (χ3n) is 6.11. The van der Waals surface area contributed by atoms with Crippen LogP contribution >= 0.6 is 0 Å². The van der Waals surface area contributed by atoms with Gasteiger partial charge < -0.3 is 15.0 Å². The molecule has 0 saturated heterocycles. The molecule has 0 unspecified atom stereocenters. The smallest absolute Gasteiger partial charge is 0.308 e. The van der Waals surface area contributed by atoms with Crippen LogP contribution in [0.25, 0.3) is 0 Å². The van der Waals surface area contributed by atoms with Gasteiger partial charge in [0, 0.05) is 38.2 Å². The maximum atomic E-state index is 12.3. The highest BCUT2D eigenvalue weighted by atomic mass is 16.6. The normalized spacial score (nSPS) is 10.6. The fourth-order valence-corrected chi connectivity index (χ4v) is 3.91. The molecule has 15 heteroatoms. The summed E-state index contributed by atoms with van der Waals surface area (Å²) in [5.41, 5.74) is -0.669. The van der Waals surface area contributed by atoms with E-state index < -0.39 is 44.3 Å². The summed E-state index contributed by atoms with van der Waals surface area (Å²) >= 11 is 0. The van der Waals surface area contributed by atoms with E-state index in [1.165, 1.54) is 13.0 Å². The number of ether oxygens (including phenoxy) is 1. The van der Waals surface area contributed by atoms with Gasteiger partial charge in [-0.1, -0.05) is 37.3 Å². The molecule has 1 N–H and O–H groups in total. The van der Waals surface area contributed by atoms with Crippen molar-refractivity contribution in [3.8, 4) is 6.07 Å². The van der Waals surface area contributed by atoms with Crippen molar-refractivity contribution >= 4 is 51.8 Å². The highest BCUT2D eigenvalue weighted by molar-refractivity contribution is 5.93. The lowest BCUT2D eigenvalue weighted by Gasteiger charge is -2.25. The molecule has 0 aliphatic heterocycles. The molecular formula is C29H27N7O8. The molecule has 0 saturated carbocycles. The van der Waals surface area contributed by atoms with Gasteiger partial charge in [0.1, 0.15) is 18.4 Å². The SMILES string of the molecule is CCC(=O)COC(=O)CCN(Cc1ccccc1)c1ccc(N=Nc2c(C#N)cc([N+](=O)[O-])cc2[N+](=O)[O-])c(NC(C)=O)c1. The summed E-state index contributed by atoms with van der Waals surface area (Å²) in [7, 11) is 0. The van der Waals surface area contributed by atoms with Crippen LogP contribution in [0.3, 0.4) is 0 Å². The molecule has 44 heavy (non-hydrogen) atoms. The van der Waals surface area contributed by atoms with Crippen molar-refractivity contribution in [2.45, 2.75) is 33.2 Å². The van der Waals surface area contributed by atoms with Crippen LogP contribution in [0.15, 0.2) is 70.9 Å². The van der Waals surface area contributed by atoms with Crippen LogP contribution in [0.5, 0.6) is 0 Å². The van der Waals surface area contributed by atoms with E-state index in [1.807, 2.05) is 35.2 Å². The number of Topliss-reactive ketones (excluding diaryl/α,β-unsaturated/α-hetero) is 1. The summed E-state index contributed by atoms with van der Waals surface area (Å²) < 4.78 is 5.06. The van der Waals surface area contributed by atoms with Gasteiger partial charge in [-0.3, -0.25) is 34.6 Å². The number of nitrogens with zero attached hydrogens (tertiary/aromatic N) is 6. The van der Waals surface area contributed by atoms with Gasteiger partial charge in [0.25, 0.3) is 5.69 Å². The standard InChI is InChI=1S/C29H27N7O8/c1-3-24(38)18-44-28(39)11-12-34(17-20-7-5-4-6-8-20)22-9-10-25(26(14-22)31-19(2)37)32-33-29-21(16-30)13-23(35(40)41)15-27(29)36(42)43/h4-10,13-15H,3,11-12,17-18H2,1-2H3,(H,31,37). The first-order valence-electron chi connectivity index (χ1n) is 13.2. The number of hydrogen-bond acceptors (Lipinski definition) is 12. The number of carbonyl (C=O) groups excluding carboxylic acids is 3. The number of nitro groups is 2. The number of azo groups is 1. The summed E-state index contributed by atoms with van der Waals surface area (Å²) in [6.45, 7) is 3.18. The summed E-state index contributed by atoms with van der Waals surface area (Å²) in [6, 6.07) is 17.2. The van der Waals surface area contributed by atoms with Gasteiger partial charge in [-0.05, 0) is 23.8 Å². The monoisotopic (exact) mass is 601 g/mol. The fourth-order valence-electron chi connectivity index (χ4n) is 3.91. The maximum Gasteiger partial charge on any atom is 0.308 e. The predicted octanol–water partition coefficient (Wildman–Crippen LogP) is 5.67. The highest BCUT2D eigenvalue weighted by Crippen LogP contribution is 2.38. The number of amides is 1. The van der Waals surface area contributed by atoms with Gasteiger partial charge in [-0.15, -0.1) is 10.2 Å². The highest BCUT2D eigenvalue weighted by Gasteiger charge is 2.25. The molecule has 3 aromatic carbocycles. The molecule has 226 valence electrons. The van der Waals surface area contributed by atoms with Crippen molar-refractivity contribution in [2.75, 3.05) is 23.4 Å². The molecular weight excluding hydrogens is 574 g/mol. The fraction of sp³-hybridized carbons (Fsp3) is 0.241. The maximum absolute atomic E-state index is 12.3. The van der Waals surface area contributed by atoms with Gasteiger partial charge in [-0.2, -0.15) is 5.26 Å². The van der Waals surface area contributed by atoms with Crippen molar-refractivity contribution in [2.24, 2.45) is 10.2 Å². The Hall–Kier alpha value is -6.04. The molecule has 0 atom stereocenters. The average molecular weight is 602 g/mol. The number of esters is 1. The Morgan fingerprint density at radius 1 is 1.02 bits per heavy atom. The Morgan fingerprint density at radius 2 is 1.75 bits per heavy atom. The molecule has 3 rings (SSSR count).